The molecule has 0 saturated heterocycles. The van der Waals surface area contributed by atoms with E-state index in [2.05, 4.69) is 10.3 Å². The van der Waals surface area contributed by atoms with Gasteiger partial charge in [0.05, 0.1) is 13.0 Å². The molecule has 0 saturated carbocycles. The van der Waals surface area contributed by atoms with E-state index in [0.29, 0.717) is 12.1 Å². The number of benzene rings is 1. The van der Waals surface area contributed by atoms with Crippen molar-refractivity contribution < 1.29 is 18.0 Å². The van der Waals surface area contributed by atoms with Crippen molar-refractivity contribution in [1.82, 2.24) is 10.3 Å². The van der Waals surface area contributed by atoms with Gasteiger partial charge >= 0.3 is 0 Å². The van der Waals surface area contributed by atoms with E-state index in [4.69, 9.17) is 0 Å². The average molecular weight is 268 g/mol. The second-order valence-electron chi connectivity index (χ2n) is 4.00. The molecular formula is C13H11F3N2O. The highest BCUT2D eigenvalue weighted by molar-refractivity contribution is 5.78. The Hall–Kier alpha value is -2.24. The van der Waals surface area contributed by atoms with Gasteiger partial charge in [0.1, 0.15) is 17.5 Å². The Morgan fingerprint density at radius 1 is 1.21 bits per heavy atom. The Morgan fingerprint density at radius 2 is 1.89 bits per heavy atom. The highest BCUT2D eigenvalue weighted by Gasteiger charge is 2.15. The molecular weight excluding hydrogens is 257 g/mol. The molecule has 1 heterocycles. The van der Waals surface area contributed by atoms with E-state index in [-0.39, 0.29) is 6.54 Å². The van der Waals surface area contributed by atoms with Crippen molar-refractivity contribution >= 4 is 5.91 Å². The van der Waals surface area contributed by atoms with Crippen molar-refractivity contribution in [3.63, 3.8) is 0 Å². The molecule has 0 aliphatic heterocycles. The topological polar surface area (TPSA) is 44.9 Å². The molecule has 0 fully saturated rings. The zero-order chi connectivity index (χ0) is 13.8. The molecule has 0 bridgehead atoms. The van der Waals surface area contributed by atoms with Crippen LogP contribution in [0.2, 0.25) is 0 Å². The van der Waals surface area contributed by atoms with Gasteiger partial charge in [0.15, 0.2) is 0 Å². The van der Waals surface area contributed by atoms with Crippen LogP contribution in [0.3, 0.4) is 0 Å². The van der Waals surface area contributed by atoms with Gasteiger partial charge in [-0.15, -0.1) is 0 Å². The molecule has 19 heavy (non-hydrogen) atoms. The number of hydrogen-bond donors (Lipinski definition) is 2. The van der Waals surface area contributed by atoms with E-state index >= 15 is 0 Å². The van der Waals surface area contributed by atoms with Crippen LogP contribution in [-0.4, -0.2) is 10.9 Å². The number of amides is 1. The van der Waals surface area contributed by atoms with Crippen LogP contribution in [0.4, 0.5) is 13.2 Å². The van der Waals surface area contributed by atoms with Crippen molar-refractivity contribution in [3.8, 4) is 0 Å². The maximum absolute atomic E-state index is 13.3. The van der Waals surface area contributed by atoms with E-state index < -0.39 is 35.3 Å². The fraction of sp³-hybridized carbons (Fsp3) is 0.154. The summed E-state index contributed by atoms with van der Waals surface area (Å²) < 4.78 is 39.3. The minimum absolute atomic E-state index is 0.232. The van der Waals surface area contributed by atoms with E-state index in [1.165, 1.54) is 0 Å². The van der Waals surface area contributed by atoms with Crippen molar-refractivity contribution in [2.45, 2.75) is 13.0 Å². The summed E-state index contributed by atoms with van der Waals surface area (Å²) >= 11 is 0. The largest absolute Gasteiger partial charge is 0.364 e. The number of aromatic amines is 1. The standard InChI is InChI=1S/C13H11F3N2O/c14-8-4-11(15)10(12(16)5-8)6-13(19)18-7-9-2-1-3-17-9/h1-5,17H,6-7H2,(H,18,19). The number of rotatable bonds is 4. The van der Waals surface area contributed by atoms with Crippen LogP contribution in [0.1, 0.15) is 11.3 Å². The molecule has 0 aliphatic rings. The first-order valence-corrected chi connectivity index (χ1v) is 5.58. The van der Waals surface area contributed by atoms with Gasteiger partial charge in [-0.1, -0.05) is 0 Å². The fourth-order valence-electron chi connectivity index (χ4n) is 1.64. The van der Waals surface area contributed by atoms with Crippen molar-refractivity contribution in [2.24, 2.45) is 0 Å². The number of carbonyl (C=O) groups is 1. The lowest BCUT2D eigenvalue weighted by molar-refractivity contribution is -0.120. The zero-order valence-corrected chi connectivity index (χ0v) is 9.84. The maximum atomic E-state index is 13.3. The summed E-state index contributed by atoms with van der Waals surface area (Å²) in [7, 11) is 0. The van der Waals surface area contributed by atoms with Crippen LogP contribution in [-0.2, 0) is 17.8 Å². The van der Waals surface area contributed by atoms with Gasteiger partial charge in [-0.3, -0.25) is 4.79 Å². The third kappa shape index (κ3) is 3.37. The molecule has 0 atom stereocenters. The Morgan fingerprint density at radius 3 is 2.47 bits per heavy atom. The van der Waals surface area contributed by atoms with E-state index in [1.807, 2.05) is 0 Å². The molecule has 0 aliphatic carbocycles. The van der Waals surface area contributed by atoms with Crippen LogP contribution in [0.5, 0.6) is 0 Å². The minimum Gasteiger partial charge on any atom is -0.364 e. The monoisotopic (exact) mass is 268 g/mol. The van der Waals surface area contributed by atoms with Gasteiger partial charge in [0, 0.05) is 29.6 Å². The number of carbonyl (C=O) groups excluding carboxylic acids is 1. The smallest absolute Gasteiger partial charge is 0.224 e. The Bertz CT molecular complexity index is 559. The molecule has 0 radical (unpaired) electrons. The zero-order valence-electron chi connectivity index (χ0n) is 9.84. The summed E-state index contributed by atoms with van der Waals surface area (Å²) in [6.45, 7) is 0.232. The molecule has 1 aromatic heterocycles. The third-order valence-corrected chi connectivity index (χ3v) is 2.58. The molecule has 100 valence electrons. The average Bonchev–Trinajstić information content (AvgIpc) is 2.84. The van der Waals surface area contributed by atoms with Crippen LogP contribution in [0.15, 0.2) is 30.5 Å². The quantitative estimate of drug-likeness (QED) is 0.878. The summed E-state index contributed by atoms with van der Waals surface area (Å²) in [5, 5.41) is 2.51. The SMILES string of the molecule is O=C(Cc1c(F)cc(F)cc1F)NCc1ccc[nH]1. The van der Waals surface area contributed by atoms with E-state index in [0.717, 1.165) is 5.69 Å². The lowest BCUT2D eigenvalue weighted by Gasteiger charge is -2.06. The number of hydrogen-bond acceptors (Lipinski definition) is 1. The molecule has 2 aromatic rings. The lowest BCUT2D eigenvalue weighted by Crippen LogP contribution is -2.25. The number of halogens is 3. The van der Waals surface area contributed by atoms with E-state index in [1.54, 1.807) is 18.3 Å². The van der Waals surface area contributed by atoms with Crippen molar-refractivity contribution in [2.75, 3.05) is 0 Å². The number of aromatic nitrogens is 1. The molecule has 0 unspecified atom stereocenters. The van der Waals surface area contributed by atoms with Gasteiger partial charge in [-0.25, -0.2) is 13.2 Å². The first-order valence-electron chi connectivity index (χ1n) is 5.58. The van der Waals surface area contributed by atoms with Crippen LogP contribution >= 0.6 is 0 Å². The van der Waals surface area contributed by atoms with Gasteiger partial charge < -0.3 is 10.3 Å². The fourth-order valence-corrected chi connectivity index (χ4v) is 1.64. The summed E-state index contributed by atoms with van der Waals surface area (Å²) in [5.74, 6) is -3.68. The molecule has 6 heteroatoms. The lowest BCUT2D eigenvalue weighted by atomic mass is 10.1. The predicted octanol–water partition coefficient (Wildman–Crippen LogP) is 2.29. The summed E-state index contributed by atoms with van der Waals surface area (Å²) in [5.41, 5.74) is 0.332. The highest BCUT2D eigenvalue weighted by Crippen LogP contribution is 2.15. The highest BCUT2D eigenvalue weighted by atomic mass is 19.1. The second kappa shape index (κ2) is 5.60. The number of H-pyrrole nitrogens is 1. The van der Waals surface area contributed by atoms with Gasteiger partial charge in [0.25, 0.3) is 0 Å². The van der Waals surface area contributed by atoms with Crippen molar-refractivity contribution in [1.29, 1.82) is 0 Å². The van der Waals surface area contributed by atoms with Gasteiger partial charge in [-0.05, 0) is 12.1 Å². The van der Waals surface area contributed by atoms with Crippen molar-refractivity contribution in [3.05, 3.63) is 59.2 Å². The third-order valence-electron chi connectivity index (χ3n) is 2.58. The molecule has 2 N–H and O–H groups in total. The molecule has 1 amide bonds. The van der Waals surface area contributed by atoms with Crippen LogP contribution in [0, 0.1) is 17.5 Å². The molecule has 0 spiro atoms. The Balaban J connectivity index is 1.99. The summed E-state index contributed by atoms with van der Waals surface area (Å²) in [6.07, 6.45) is 1.22. The molecule has 1 aromatic carbocycles. The first-order chi connectivity index (χ1) is 9.06. The first kappa shape index (κ1) is 13.2. The van der Waals surface area contributed by atoms with Gasteiger partial charge in [0.2, 0.25) is 5.91 Å². The van der Waals surface area contributed by atoms with Crippen LogP contribution in [0.25, 0.3) is 0 Å². The maximum Gasteiger partial charge on any atom is 0.224 e. The minimum atomic E-state index is -1.06. The Labute approximate surface area is 107 Å². The molecule has 2 rings (SSSR count). The number of nitrogens with one attached hydrogen (secondary N) is 2. The summed E-state index contributed by atoms with van der Waals surface area (Å²) in [4.78, 5) is 14.4. The van der Waals surface area contributed by atoms with E-state index in [9.17, 15) is 18.0 Å². The second-order valence-corrected chi connectivity index (χ2v) is 4.00. The van der Waals surface area contributed by atoms with Gasteiger partial charge in [-0.2, -0.15) is 0 Å². The normalized spacial score (nSPS) is 10.5. The van der Waals surface area contributed by atoms with Crippen LogP contribution < -0.4 is 5.32 Å². The Kier molecular flexibility index (Phi) is 3.89. The molecule has 3 nitrogen and oxygen atoms in total. The summed E-state index contributed by atoms with van der Waals surface area (Å²) in [6, 6.07) is 4.63. The predicted molar refractivity (Wildman–Crippen MR) is 62.7 cm³/mol.